The summed E-state index contributed by atoms with van der Waals surface area (Å²) >= 11 is 0. The second kappa shape index (κ2) is 8.42. The minimum absolute atomic E-state index is 0.00896. The van der Waals surface area contributed by atoms with Crippen LogP contribution >= 0.6 is 0 Å². The van der Waals surface area contributed by atoms with Crippen LogP contribution in [0.1, 0.15) is 38.3 Å². The molecule has 0 aliphatic heterocycles. The van der Waals surface area contributed by atoms with E-state index >= 15 is 0 Å². The van der Waals surface area contributed by atoms with E-state index in [1.807, 2.05) is 0 Å². The van der Waals surface area contributed by atoms with Crippen molar-refractivity contribution in [3.8, 4) is 5.75 Å². The predicted octanol–water partition coefficient (Wildman–Crippen LogP) is 0.949. The Balaban J connectivity index is 1.89. The number of carbonyl (C=O) groups excluding carboxylic acids is 4. The number of hydrogen-bond acceptors (Lipinski definition) is 9. The number of Topliss-reactive ketones (excluding diaryl/α,β-unsaturated/α-hetero) is 2. The molecule has 7 N–H and O–H groups in total. The third-order valence-corrected chi connectivity index (χ3v) is 7.52. The lowest BCUT2D eigenvalue weighted by Gasteiger charge is -2.50. The van der Waals surface area contributed by atoms with Gasteiger partial charge in [-0.1, -0.05) is 26.8 Å². The van der Waals surface area contributed by atoms with E-state index in [-0.39, 0.29) is 35.6 Å². The number of nitrogens with zero attached hydrogens (tertiary/aromatic N) is 1. The summed E-state index contributed by atoms with van der Waals surface area (Å²) in [5.74, 6) is -7.56. The standard InChI is InChI=1S/C26H31N3O8/c1-25(2,3)24(36)28-13-7-6-10-8-11-9-12-17(29(4)5)20(32)16(23(27)35)22(34)26(12,37)21(33)15(11)19(31)14(10)18(13)30/h6-7,11-12,17,30-31,34,37H,8-9H2,1-5H3,(H2,27,35)(H,28,36)/t11-,12-,17+,26-/m0/s1. The molecule has 1 saturated carbocycles. The highest BCUT2D eigenvalue weighted by molar-refractivity contribution is 6.24. The molecule has 4 rings (SSSR count). The maximum atomic E-state index is 13.8. The van der Waals surface area contributed by atoms with Crippen LogP contribution in [0, 0.1) is 17.3 Å². The first-order chi connectivity index (χ1) is 17.0. The number of amides is 2. The number of hydrogen-bond donors (Lipinski definition) is 6. The summed E-state index contributed by atoms with van der Waals surface area (Å²) in [6.07, 6.45) is 0.185. The second-order valence-corrected chi connectivity index (χ2v) is 11.2. The van der Waals surface area contributed by atoms with E-state index in [1.54, 1.807) is 40.9 Å². The van der Waals surface area contributed by atoms with Crippen LogP contribution in [0.5, 0.6) is 5.75 Å². The number of phenols is 1. The number of benzene rings is 1. The normalized spacial score (nSPS) is 27.6. The van der Waals surface area contributed by atoms with Crippen molar-refractivity contribution >= 4 is 34.8 Å². The molecule has 198 valence electrons. The molecule has 2 amide bonds. The van der Waals surface area contributed by atoms with E-state index in [1.165, 1.54) is 11.0 Å². The molecule has 0 heterocycles. The lowest BCUT2D eigenvalue weighted by atomic mass is 9.57. The Morgan fingerprint density at radius 2 is 1.76 bits per heavy atom. The van der Waals surface area contributed by atoms with Crippen molar-refractivity contribution in [3.05, 3.63) is 40.2 Å². The lowest BCUT2D eigenvalue weighted by Crippen LogP contribution is -2.65. The first kappa shape index (κ1) is 26.4. The Morgan fingerprint density at radius 1 is 1.14 bits per heavy atom. The van der Waals surface area contributed by atoms with Crippen LogP contribution in [0.2, 0.25) is 0 Å². The largest absolute Gasteiger partial charge is 0.508 e. The molecule has 0 spiro atoms. The zero-order chi connectivity index (χ0) is 27.8. The average molecular weight is 514 g/mol. The number of likely N-dealkylation sites (N-methyl/N-ethyl adjacent to an activating group) is 1. The Hall–Kier alpha value is -3.70. The minimum atomic E-state index is -2.70. The first-order valence-electron chi connectivity index (χ1n) is 11.8. The predicted molar refractivity (Wildman–Crippen MR) is 132 cm³/mol. The summed E-state index contributed by atoms with van der Waals surface area (Å²) in [7, 11) is 3.08. The van der Waals surface area contributed by atoms with Crippen molar-refractivity contribution in [1.29, 1.82) is 0 Å². The second-order valence-electron chi connectivity index (χ2n) is 11.2. The summed E-state index contributed by atoms with van der Waals surface area (Å²) in [4.78, 5) is 52.8. The molecule has 1 aromatic carbocycles. The van der Waals surface area contributed by atoms with Gasteiger partial charge < -0.3 is 31.5 Å². The number of rotatable bonds is 3. The van der Waals surface area contributed by atoms with Gasteiger partial charge in [0.1, 0.15) is 22.8 Å². The number of fused-ring (bicyclic) bond motifs is 3. The van der Waals surface area contributed by atoms with Gasteiger partial charge in [-0.05, 0) is 44.5 Å². The van der Waals surface area contributed by atoms with Gasteiger partial charge >= 0.3 is 0 Å². The van der Waals surface area contributed by atoms with Gasteiger partial charge in [0.05, 0.1) is 17.3 Å². The molecule has 0 saturated heterocycles. The molecule has 37 heavy (non-hydrogen) atoms. The van der Waals surface area contributed by atoms with Crippen molar-refractivity contribution in [2.45, 2.75) is 45.3 Å². The fraction of sp³-hybridized carbons (Fsp3) is 0.462. The number of nitrogens with two attached hydrogens (primary N) is 1. The molecule has 0 bridgehead atoms. The molecule has 3 aliphatic rings. The highest BCUT2D eigenvalue weighted by Crippen LogP contribution is 2.53. The number of carbonyl (C=O) groups is 4. The molecule has 3 aliphatic carbocycles. The highest BCUT2D eigenvalue weighted by Gasteiger charge is 2.64. The molecule has 1 fully saturated rings. The number of anilines is 1. The summed E-state index contributed by atoms with van der Waals surface area (Å²) in [6.45, 7) is 5.07. The molecule has 4 atom stereocenters. The van der Waals surface area contributed by atoms with Crippen LogP contribution in [-0.4, -0.2) is 74.4 Å². The van der Waals surface area contributed by atoms with Crippen LogP contribution in [0.4, 0.5) is 5.69 Å². The van der Waals surface area contributed by atoms with Crippen molar-refractivity contribution in [3.63, 3.8) is 0 Å². The van der Waals surface area contributed by atoms with E-state index < -0.39 is 69.2 Å². The molecule has 11 heteroatoms. The number of phenolic OH excluding ortho intramolecular Hbond substituents is 1. The Kier molecular flexibility index (Phi) is 6.00. The lowest BCUT2D eigenvalue weighted by molar-refractivity contribution is -0.153. The van der Waals surface area contributed by atoms with Crippen LogP contribution < -0.4 is 11.1 Å². The van der Waals surface area contributed by atoms with E-state index in [4.69, 9.17) is 5.73 Å². The molecule has 0 radical (unpaired) electrons. The maximum absolute atomic E-state index is 13.8. The fourth-order valence-electron chi connectivity index (χ4n) is 5.63. The summed E-state index contributed by atoms with van der Waals surface area (Å²) in [5.41, 5.74) is 1.18. The van der Waals surface area contributed by atoms with Gasteiger partial charge in [0, 0.05) is 16.9 Å². The van der Waals surface area contributed by atoms with Gasteiger partial charge in [-0.3, -0.25) is 24.1 Å². The number of aliphatic hydroxyl groups is 3. The molecular formula is C26H31N3O8. The van der Waals surface area contributed by atoms with E-state index in [0.717, 1.165) is 0 Å². The van der Waals surface area contributed by atoms with Gasteiger partial charge in [-0.25, -0.2) is 0 Å². The van der Waals surface area contributed by atoms with Crippen molar-refractivity contribution < 1.29 is 39.6 Å². The van der Waals surface area contributed by atoms with Crippen LogP contribution in [-0.2, 0) is 25.6 Å². The SMILES string of the molecule is CN(C)[C@H]1C(=O)C(C(N)=O)=C(O)[C@@]2(O)C(=O)C3=C(O)c4c(ccc(NC(=O)C(C)(C)C)c4O)C[C@H]3C[C@@H]12. The number of primary amides is 1. The number of aromatic hydroxyl groups is 1. The van der Waals surface area contributed by atoms with Crippen LogP contribution in [0.15, 0.2) is 29.0 Å². The fourth-order valence-corrected chi connectivity index (χ4v) is 5.63. The van der Waals surface area contributed by atoms with Gasteiger partial charge in [0.15, 0.2) is 11.4 Å². The van der Waals surface area contributed by atoms with E-state index in [9.17, 15) is 39.6 Å². The first-order valence-corrected chi connectivity index (χ1v) is 11.8. The monoisotopic (exact) mass is 513 g/mol. The zero-order valence-corrected chi connectivity index (χ0v) is 21.2. The van der Waals surface area contributed by atoms with E-state index in [0.29, 0.717) is 5.56 Å². The van der Waals surface area contributed by atoms with E-state index in [2.05, 4.69) is 5.32 Å². The minimum Gasteiger partial charge on any atom is -0.508 e. The summed E-state index contributed by atoms with van der Waals surface area (Å²) in [5, 5.41) is 47.2. The van der Waals surface area contributed by atoms with Gasteiger partial charge in [-0.15, -0.1) is 0 Å². The Morgan fingerprint density at radius 3 is 2.30 bits per heavy atom. The number of ketones is 2. The molecular weight excluding hydrogens is 482 g/mol. The van der Waals surface area contributed by atoms with Gasteiger partial charge in [-0.2, -0.15) is 0 Å². The Labute approximate surface area is 213 Å². The quantitative estimate of drug-likeness (QED) is 0.252. The number of aliphatic hydroxyl groups excluding tert-OH is 2. The zero-order valence-electron chi connectivity index (χ0n) is 21.2. The number of nitrogens with one attached hydrogen (secondary N) is 1. The molecule has 1 aromatic rings. The van der Waals surface area contributed by atoms with Gasteiger partial charge in [0.2, 0.25) is 11.7 Å². The topological polar surface area (TPSA) is 190 Å². The molecule has 11 nitrogen and oxygen atoms in total. The van der Waals surface area contributed by atoms with Crippen molar-refractivity contribution in [2.75, 3.05) is 19.4 Å². The average Bonchev–Trinajstić information content (AvgIpc) is 2.77. The highest BCUT2D eigenvalue weighted by atomic mass is 16.3. The van der Waals surface area contributed by atoms with Crippen LogP contribution in [0.3, 0.4) is 0 Å². The Bertz CT molecular complexity index is 1320. The molecule has 0 unspecified atom stereocenters. The third-order valence-electron chi connectivity index (χ3n) is 7.52. The summed E-state index contributed by atoms with van der Waals surface area (Å²) < 4.78 is 0. The maximum Gasteiger partial charge on any atom is 0.255 e. The third kappa shape index (κ3) is 3.72. The summed E-state index contributed by atoms with van der Waals surface area (Å²) in [6, 6.07) is 1.97. The van der Waals surface area contributed by atoms with Crippen molar-refractivity contribution in [2.24, 2.45) is 23.0 Å². The van der Waals surface area contributed by atoms with Crippen molar-refractivity contribution in [1.82, 2.24) is 4.90 Å². The van der Waals surface area contributed by atoms with Crippen LogP contribution in [0.25, 0.3) is 5.76 Å². The molecule has 0 aromatic heterocycles. The smallest absolute Gasteiger partial charge is 0.255 e. The van der Waals surface area contributed by atoms with Gasteiger partial charge in [0.25, 0.3) is 5.91 Å².